The molecule has 0 spiro atoms. The second-order valence-electron chi connectivity index (χ2n) is 5.19. The summed E-state index contributed by atoms with van der Waals surface area (Å²) in [4.78, 5) is 0. The quantitative estimate of drug-likeness (QED) is 0.820. The van der Waals surface area contributed by atoms with E-state index in [4.69, 9.17) is 5.73 Å². The fourth-order valence-electron chi connectivity index (χ4n) is 2.85. The van der Waals surface area contributed by atoms with Crippen molar-refractivity contribution in [3.8, 4) is 0 Å². The Morgan fingerprint density at radius 3 is 2.44 bits per heavy atom. The largest absolute Gasteiger partial charge is 0.327 e. The van der Waals surface area contributed by atoms with Crippen LogP contribution in [-0.2, 0) is 6.42 Å². The zero-order chi connectivity index (χ0) is 11.2. The van der Waals surface area contributed by atoms with Crippen LogP contribution in [0.5, 0.6) is 0 Å². The van der Waals surface area contributed by atoms with Crippen LogP contribution in [0.4, 0.5) is 0 Å². The summed E-state index contributed by atoms with van der Waals surface area (Å²) in [5, 5.41) is 0. The van der Waals surface area contributed by atoms with Crippen molar-refractivity contribution in [1.82, 2.24) is 0 Å². The van der Waals surface area contributed by atoms with E-state index < -0.39 is 0 Å². The lowest BCUT2D eigenvalue weighted by atomic mass is 9.84. The SMILES string of the molecule is NC(Cc1ccccc1)CC1CCCCC1. The molecule has 0 aliphatic heterocycles. The molecule has 0 amide bonds. The smallest absolute Gasteiger partial charge is 0.00819 e. The van der Waals surface area contributed by atoms with Crippen molar-refractivity contribution in [1.29, 1.82) is 0 Å². The van der Waals surface area contributed by atoms with Crippen LogP contribution < -0.4 is 5.73 Å². The van der Waals surface area contributed by atoms with E-state index >= 15 is 0 Å². The van der Waals surface area contributed by atoms with E-state index in [9.17, 15) is 0 Å². The van der Waals surface area contributed by atoms with Gasteiger partial charge in [-0.1, -0.05) is 62.4 Å². The van der Waals surface area contributed by atoms with Gasteiger partial charge in [0.05, 0.1) is 0 Å². The van der Waals surface area contributed by atoms with E-state index in [1.165, 1.54) is 44.1 Å². The molecule has 16 heavy (non-hydrogen) atoms. The Kier molecular flexibility index (Phi) is 4.41. The minimum Gasteiger partial charge on any atom is -0.327 e. The third kappa shape index (κ3) is 3.64. The maximum absolute atomic E-state index is 6.24. The van der Waals surface area contributed by atoms with E-state index in [1.807, 2.05) is 0 Å². The Morgan fingerprint density at radius 2 is 1.75 bits per heavy atom. The highest BCUT2D eigenvalue weighted by Gasteiger charge is 2.16. The molecule has 1 aromatic carbocycles. The normalized spacial score (nSPS) is 19.6. The molecule has 0 heterocycles. The van der Waals surface area contributed by atoms with Gasteiger partial charge in [0.25, 0.3) is 0 Å². The highest BCUT2D eigenvalue weighted by Crippen LogP contribution is 2.27. The van der Waals surface area contributed by atoms with Gasteiger partial charge in [0, 0.05) is 6.04 Å². The average Bonchev–Trinajstić information content (AvgIpc) is 2.31. The summed E-state index contributed by atoms with van der Waals surface area (Å²) in [6.07, 6.45) is 9.34. The highest BCUT2D eigenvalue weighted by atomic mass is 14.6. The molecule has 0 radical (unpaired) electrons. The van der Waals surface area contributed by atoms with E-state index in [2.05, 4.69) is 30.3 Å². The van der Waals surface area contributed by atoms with Crippen molar-refractivity contribution >= 4 is 0 Å². The molecule has 2 rings (SSSR count). The van der Waals surface area contributed by atoms with Crippen molar-refractivity contribution in [2.24, 2.45) is 11.7 Å². The van der Waals surface area contributed by atoms with Gasteiger partial charge in [-0.15, -0.1) is 0 Å². The Hall–Kier alpha value is -0.820. The molecular formula is C15H23N. The van der Waals surface area contributed by atoms with Crippen molar-refractivity contribution in [3.05, 3.63) is 35.9 Å². The monoisotopic (exact) mass is 217 g/mol. The van der Waals surface area contributed by atoms with E-state index in [0.29, 0.717) is 6.04 Å². The molecule has 1 heteroatoms. The van der Waals surface area contributed by atoms with Crippen LogP contribution in [0.1, 0.15) is 44.1 Å². The molecular weight excluding hydrogens is 194 g/mol. The fraction of sp³-hybridized carbons (Fsp3) is 0.600. The number of nitrogens with two attached hydrogens (primary N) is 1. The molecule has 0 saturated heterocycles. The molecule has 1 aliphatic carbocycles. The van der Waals surface area contributed by atoms with Gasteiger partial charge in [0.15, 0.2) is 0 Å². The first-order valence-electron chi connectivity index (χ1n) is 6.64. The lowest BCUT2D eigenvalue weighted by Crippen LogP contribution is -2.27. The van der Waals surface area contributed by atoms with Gasteiger partial charge in [0.1, 0.15) is 0 Å². The standard InChI is InChI=1S/C15H23N/c16-15(11-13-7-3-1-4-8-13)12-14-9-5-2-6-10-14/h1,3-4,7-8,14-15H,2,5-6,9-12,16H2. The van der Waals surface area contributed by atoms with Crippen LogP contribution in [0.2, 0.25) is 0 Å². The molecule has 2 N–H and O–H groups in total. The van der Waals surface area contributed by atoms with Crippen LogP contribution in [0.25, 0.3) is 0 Å². The summed E-state index contributed by atoms with van der Waals surface area (Å²) >= 11 is 0. The Morgan fingerprint density at radius 1 is 1.06 bits per heavy atom. The number of rotatable bonds is 4. The lowest BCUT2D eigenvalue weighted by molar-refractivity contribution is 0.317. The second-order valence-corrected chi connectivity index (χ2v) is 5.19. The molecule has 0 bridgehead atoms. The number of hydrogen-bond acceptors (Lipinski definition) is 1. The molecule has 1 saturated carbocycles. The minimum absolute atomic E-state index is 0.352. The number of benzene rings is 1. The first-order valence-corrected chi connectivity index (χ1v) is 6.64. The Bertz CT molecular complexity index is 288. The third-order valence-corrected chi connectivity index (χ3v) is 3.70. The number of hydrogen-bond donors (Lipinski definition) is 1. The van der Waals surface area contributed by atoms with E-state index in [-0.39, 0.29) is 0 Å². The lowest BCUT2D eigenvalue weighted by Gasteiger charge is -2.24. The van der Waals surface area contributed by atoms with E-state index in [1.54, 1.807) is 0 Å². The topological polar surface area (TPSA) is 26.0 Å². The highest BCUT2D eigenvalue weighted by molar-refractivity contribution is 5.15. The first kappa shape index (κ1) is 11.7. The summed E-state index contributed by atoms with van der Waals surface area (Å²) < 4.78 is 0. The molecule has 1 aromatic rings. The van der Waals surface area contributed by atoms with Crippen LogP contribution in [0.15, 0.2) is 30.3 Å². The zero-order valence-electron chi connectivity index (χ0n) is 10.1. The molecule has 1 atom stereocenters. The molecule has 0 aromatic heterocycles. The van der Waals surface area contributed by atoms with Crippen molar-refractivity contribution in [2.45, 2.75) is 51.0 Å². The summed E-state index contributed by atoms with van der Waals surface area (Å²) in [5.74, 6) is 0.896. The van der Waals surface area contributed by atoms with Crippen molar-refractivity contribution in [2.75, 3.05) is 0 Å². The summed E-state index contributed by atoms with van der Waals surface area (Å²) in [7, 11) is 0. The average molecular weight is 217 g/mol. The minimum atomic E-state index is 0.352. The summed E-state index contributed by atoms with van der Waals surface area (Å²) in [5.41, 5.74) is 7.62. The first-order chi connectivity index (χ1) is 7.84. The van der Waals surface area contributed by atoms with Crippen LogP contribution >= 0.6 is 0 Å². The van der Waals surface area contributed by atoms with Gasteiger partial charge < -0.3 is 5.73 Å². The zero-order valence-corrected chi connectivity index (χ0v) is 10.1. The summed E-state index contributed by atoms with van der Waals surface area (Å²) in [6.45, 7) is 0. The van der Waals surface area contributed by atoms with Crippen LogP contribution in [0.3, 0.4) is 0 Å². The van der Waals surface area contributed by atoms with E-state index in [0.717, 1.165) is 12.3 Å². The van der Waals surface area contributed by atoms with Gasteiger partial charge in [-0.05, 0) is 24.3 Å². The molecule has 1 fully saturated rings. The Balaban J connectivity index is 1.77. The van der Waals surface area contributed by atoms with Gasteiger partial charge in [-0.2, -0.15) is 0 Å². The van der Waals surface area contributed by atoms with Crippen molar-refractivity contribution < 1.29 is 0 Å². The summed E-state index contributed by atoms with van der Waals surface area (Å²) in [6, 6.07) is 11.0. The molecule has 1 aliphatic rings. The predicted octanol–water partition coefficient (Wildman–Crippen LogP) is 3.53. The van der Waals surface area contributed by atoms with Gasteiger partial charge in [-0.25, -0.2) is 0 Å². The van der Waals surface area contributed by atoms with Crippen LogP contribution in [0, 0.1) is 5.92 Å². The molecule has 88 valence electrons. The molecule has 1 unspecified atom stereocenters. The van der Waals surface area contributed by atoms with Crippen LogP contribution in [-0.4, -0.2) is 6.04 Å². The second kappa shape index (κ2) is 6.05. The predicted molar refractivity (Wildman–Crippen MR) is 69.3 cm³/mol. The van der Waals surface area contributed by atoms with Gasteiger partial charge in [-0.3, -0.25) is 0 Å². The Labute approximate surface area is 99.0 Å². The molecule has 1 nitrogen and oxygen atoms in total. The maximum Gasteiger partial charge on any atom is 0.00819 e. The third-order valence-electron chi connectivity index (χ3n) is 3.70. The fourth-order valence-corrected chi connectivity index (χ4v) is 2.85. The van der Waals surface area contributed by atoms with Gasteiger partial charge >= 0.3 is 0 Å². The van der Waals surface area contributed by atoms with Gasteiger partial charge in [0.2, 0.25) is 0 Å². The van der Waals surface area contributed by atoms with Crippen molar-refractivity contribution in [3.63, 3.8) is 0 Å². The maximum atomic E-state index is 6.24.